The molecule has 0 N–H and O–H groups in total. The monoisotopic (exact) mass is 422 g/mol. The van der Waals surface area contributed by atoms with Crippen molar-refractivity contribution in [3.63, 3.8) is 0 Å². The van der Waals surface area contributed by atoms with Crippen LogP contribution in [0.2, 0.25) is 5.02 Å². The Morgan fingerprint density at radius 3 is 2.63 bits per heavy atom. The predicted octanol–water partition coefficient (Wildman–Crippen LogP) is 4.42. The maximum atomic E-state index is 12.7. The van der Waals surface area contributed by atoms with Gasteiger partial charge in [0, 0.05) is 10.6 Å². The van der Waals surface area contributed by atoms with E-state index in [0.717, 1.165) is 11.1 Å². The molecule has 0 aliphatic rings. The van der Waals surface area contributed by atoms with Crippen LogP contribution in [0.5, 0.6) is 0 Å². The molecule has 2 aromatic heterocycles. The number of ether oxygens (including phenoxy) is 1. The van der Waals surface area contributed by atoms with Crippen molar-refractivity contribution in [2.75, 3.05) is 0 Å². The number of hydrogen-bond acceptors (Lipinski definition) is 6. The van der Waals surface area contributed by atoms with E-state index in [0.29, 0.717) is 28.9 Å². The van der Waals surface area contributed by atoms with Crippen LogP contribution >= 0.6 is 11.6 Å². The molecule has 2 aromatic carbocycles. The second-order valence-corrected chi connectivity index (χ2v) is 7.15. The Morgan fingerprint density at radius 1 is 1.17 bits per heavy atom. The molecule has 1 atom stereocenters. The number of oxazole rings is 1. The molecule has 4 aromatic rings. The zero-order valence-electron chi connectivity index (χ0n) is 16.2. The summed E-state index contributed by atoms with van der Waals surface area (Å²) in [4.78, 5) is 21.1. The summed E-state index contributed by atoms with van der Waals surface area (Å²) < 4.78 is 13.1. The SMILES string of the molecule is Cc1oc(-c2ccccc2)nc1CC(=O)OC(Cn1cncn1)c1ccc(Cl)cc1. The third-order valence-corrected chi connectivity index (χ3v) is 4.81. The van der Waals surface area contributed by atoms with Gasteiger partial charge in [-0.05, 0) is 36.8 Å². The fourth-order valence-corrected chi connectivity index (χ4v) is 3.14. The number of aryl methyl sites for hydroxylation is 1. The third-order valence-electron chi connectivity index (χ3n) is 4.56. The Bertz CT molecular complexity index is 1110. The normalized spacial score (nSPS) is 11.9. The summed E-state index contributed by atoms with van der Waals surface area (Å²) in [5, 5.41) is 4.71. The molecule has 0 spiro atoms. The fraction of sp³-hybridized carbons (Fsp3) is 0.182. The summed E-state index contributed by atoms with van der Waals surface area (Å²) in [6.07, 6.45) is 2.47. The van der Waals surface area contributed by atoms with Crippen LogP contribution in [0.1, 0.15) is 23.1 Å². The van der Waals surface area contributed by atoms with Crippen molar-refractivity contribution >= 4 is 17.6 Å². The molecule has 4 rings (SSSR count). The Morgan fingerprint density at radius 2 is 1.93 bits per heavy atom. The molecule has 0 fully saturated rings. The van der Waals surface area contributed by atoms with Gasteiger partial charge in [0.25, 0.3) is 0 Å². The minimum absolute atomic E-state index is 0.00359. The van der Waals surface area contributed by atoms with E-state index in [9.17, 15) is 4.79 Å². The molecule has 0 saturated heterocycles. The third kappa shape index (κ3) is 4.75. The Labute approximate surface area is 178 Å². The summed E-state index contributed by atoms with van der Waals surface area (Å²) >= 11 is 5.99. The van der Waals surface area contributed by atoms with Crippen molar-refractivity contribution in [3.8, 4) is 11.5 Å². The quantitative estimate of drug-likeness (QED) is 0.410. The number of rotatable bonds is 7. The van der Waals surface area contributed by atoms with Crippen molar-refractivity contribution in [1.82, 2.24) is 19.7 Å². The molecule has 0 aliphatic heterocycles. The van der Waals surface area contributed by atoms with Crippen LogP contribution in [0.25, 0.3) is 11.5 Å². The van der Waals surface area contributed by atoms with E-state index < -0.39 is 12.1 Å². The Balaban J connectivity index is 1.50. The van der Waals surface area contributed by atoms with Gasteiger partial charge in [-0.15, -0.1) is 0 Å². The van der Waals surface area contributed by atoms with Gasteiger partial charge in [0.1, 0.15) is 24.5 Å². The molecule has 0 aliphatic carbocycles. The average Bonchev–Trinajstić information content (AvgIpc) is 3.39. The first-order valence-electron chi connectivity index (χ1n) is 9.37. The van der Waals surface area contributed by atoms with Gasteiger partial charge in [0.2, 0.25) is 5.89 Å². The van der Waals surface area contributed by atoms with Crippen molar-refractivity contribution in [2.45, 2.75) is 26.0 Å². The molecule has 0 bridgehead atoms. The lowest BCUT2D eigenvalue weighted by Crippen LogP contribution is -2.19. The van der Waals surface area contributed by atoms with Gasteiger partial charge in [-0.3, -0.25) is 4.79 Å². The highest BCUT2D eigenvalue weighted by Gasteiger charge is 2.21. The first kappa shape index (κ1) is 19.8. The number of esters is 1. The lowest BCUT2D eigenvalue weighted by Gasteiger charge is -2.18. The second kappa shape index (κ2) is 8.92. The van der Waals surface area contributed by atoms with Gasteiger partial charge in [-0.1, -0.05) is 41.9 Å². The van der Waals surface area contributed by atoms with Crippen molar-refractivity contribution < 1.29 is 13.9 Å². The summed E-state index contributed by atoms with van der Waals surface area (Å²) in [7, 11) is 0. The summed E-state index contributed by atoms with van der Waals surface area (Å²) in [6, 6.07) is 16.7. The number of nitrogens with zero attached hydrogens (tertiary/aromatic N) is 4. The van der Waals surface area contributed by atoms with E-state index >= 15 is 0 Å². The van der Waals surface area contributed by atoms with Crippen molar-refractivity contribution in [1.29, 1.82) is 0 Å². The standard InChI is InChI=1S/C22H19ClN4O3/c1-15-19(26-22(29-15)17-5-3-2-4-6-17)11-21(28)30-20(12-27-14-24-13-25-27)16-7-9-18(23)10-8-16/h2-10,13-14,20H,11-12H2,1H3. The molecule has 0 amide bonds. The molecule has 0 radical (unpaired) electrons. The lowest BCUT2D eigenvalue weighted by atomic mass is 10.1. The summed E-state index contributed by atoms with van der Waals surface area (Å²) in [5.74, 6) is 0.656. The maximum Gasteiger partial charge on any atom is 0.312 e. The van der Waals surface area contributed by atoms with Gasteiger partial charge in [-0.25, -0.2) is 14.6 Å². The van der Waals surface area contributed by atoms with Crippen LogP contribution in [0, 0.1) is 6.92 Å². The highest BCUT2D eigenvalue weighted by molar-refractivity contribution is 6.30. The molecule has 2 heterocycles. The van der Waals surface area contributed by atoms with E-state index in [1.807, 2.05) is 42.5 Å². The minimum Gasteiger partial charge on any atom is -0.455 e. The average molecular weight is 423 g/mol. The number of benzene rings is 2. The van der Waals surface area contributed by atoms with Gasteiger partial charge >= 0.3 is 5.97 Å². The number of hydrogen-bond donors (Lipinski definition) is 0. The van der Waals surface area contributed by atoms with E-state index in [4.69, 9.17) is 20.8 Å². The molecule has 7 nitrogen and oxygen atoms in total. The van der Waals surface area contributed by atoms with Gasteiger partial charge in [-0.2, -0.15) is 5.10 Å². The van der Waals surface area contributed by atoms with E-state index in [1.165, 1.54) is 6.33 Å². The van der Waals surface area contributed by atoms with Crippen LogP contribution in [0.4, 0.5) is 0 Å². The van der Waals surface area contributed by atoms with Crippen LogP contribution < -0.4 is 0 Å². The van der Waals surface area contributed by atoms with Gasteiger partial charge in [0.15, 0.2) is 0 Å². The minimum atomic E-state index is -0.544. The maximum absolute atomic E-state index is 12.7. The molecular formula is C22H19ClN4O3. The predicted molar refractivity (Wildman–Crippen MR) is 111 cm³/mol. The van der Waals surface area contributed by atoms with Crippen molar-refractivity contribution in [3.05, 3.63) is 89.3 Å². The second-order valence-electron chi connectivity index (χ2n) is 6.71. The zero-order chi connectivity index (χ0) is 20.9. The molecule has 1 unspecified atom stereocenters. The molecule has 152 valence electrons. The first-order chi connectivity index (χ1) is 14.6. The topological polar surface area (TPSA) is 83.0 Å². The van der Waals surface area contributed by atoms with Crippen LogP contribution in [0.15, 0.2) is 71.7 Å². The number of halogens is 1. The number of carbonyl (C=O) groups is 1. The Hall–Kier alpha value is -3.45. The van der Waals surface area contributed by atoms with Crippen molar-refractivity contribution in [2.24, 2.45) is 0 Å². The highest BCUT2D eigenvalue weighted by Crippen LogP contribution is 2.24. The van der Waals surface area contributed by atoms with Crippen LogP contribution in [-0.2, 0) is 22.5 Å². The fourth-order valence-electron chi connectivity index (χ4n) is 3.02. The molecule has 8 heteroatoms. The Kier molecular flexibility index (Phi) is 5.90. The number of carbonyl (C=O) groups excluding carboxylic acids is 1. The van der Waals surface area contributed by atoms with Gasteiger partial charge < -0.3 is 9.15 Å². The van der Waals surface area contributed by atoms with Crippen LogP contribution in [-0.4, -0.2) is 25.7 Å². The largest absolute Gasteiger partial charge is 0.455 e. The lowest BCUT2D eigenvalue weighted by molar-refractivity contribution is -0.149. The van der Waals surface area contributed by atoms with E-state index in [2.05, 4.69) is 15.1 Å². The zero-order valence-corrected chi connectivity index (χ0v) is 17.0. The molecule has 30 heavy (non-hydrogen) atoms. The molecular weight excluding hydrogens is 404 g/mol. The summed E-state index contributed by atoms with van der Waals surface area (Å²) in [6.45, 7) is 2.12. The smallest absolute Gasteiger partial charge is 0.312 e. The summed E-state index contributed by atoms with van der Waals surface area (Å²) in [5.41, 5.74) is 2.21. The van der Waals surface area contributed by atoms with Gasteiger partial charge in [0.05, 0.1) is 18.7 Å². The van der Waals surface area contributed by atoms with Crippen LogP contribution in [0.3, 0.4) is 0 Å². The van der Waals surface area contributed by atoms with E-state index in [-0.39, 0.29) is 6.42 Å². The highest BCUT2D eigenvalue weighted by atomic mass is 35.5. The first-order valence-corrected chi connectivity index (χ1v) is 9.75. The van der Waals surface area contributed by atoms with E-state index in [1.54, 1.807) is 30.1 Å². The molecule has 0 saturated carbocycles. The number of aromatic nitrogens is 4.